The first-order valence-electron chi connectivity index (χ1n) is 2.66. The summed E-state index contributed by atoms with van der Waals surface area (Å²) in [7, 11) is 1.67. The van der Waals surface area contributed by atoms with Crippen molar-refractivity contribution in [3.8, 4) is 5.75 Å². The summed E-state index contributed by atoms with van der Waals surface area (Å²) >= 11 is 2.48. The standard InChI is InChI=1S/C7H8OSe.BrH/c1-8-6-2-4-7(9)5-3-6;/h2-5,9H,1H3;1H. The van der Waals surface area contributed by atoms with Gasteiger partial charge in [-0.15, -0.1) is 17.0 Å². The van der Waals surface area contributed by atoms with Crippen LogP contribution in [-0.2, 0) is 0 Å². The molecule has 1 nitrogen and oxygen atoms in total. The van der Waals surface area contributed by atoms with E-state index in [0.717, 1.165) is 5.75 Å². The summed E-state index contributed by atoms with van der Waals surface area (Å²) in [6, 6.07) is 7.87. The van der Waals surface area contributed by atoms with Gasteiger partial charge in [-0.1, -0.05) is 0 Å². The maximum absolute atomic E-state index is 4.96. The monoisotopic (exact) mass is 268 g/mol. The molecule has 0 aliphatic heterocycles. The zero-order valence-electron chi connectivity index (χ0n) is 5.57. The first-order valence-corrected chi connectivity index (χ1v) is 3.60. The third kappa shape index (κ3) is 2.74. The van der Waals surface area contributed by atoms with Gasteiger partial charge in [0, 0.05) is 0 Å². The van der Waals surface area contributed by atoms with E-state index in [-0.39, 0.29) is 17.0 Å². The van der Waals surface area contributed by atoms with Crippen molar-refractivity contribution in [3.63, 3.8) is 0 Å². The molecule has 0 radical (unpaired) electrons. The molecule has 0 bridgehead atoms. The Bertz CT molecular complexity index is 185. The fourth-order valence-electron chi connectivity index (χ4n) is 0.582. The minimum atomic E-state index is 0. The average Bonchev–Trinajstić information content (AvgIpc) is 1.90. The first kappa shape index (κ1) is 10.0. The molecule has 10 heavy (non-hydrogen) atoms. The van der Waals surface area contributed by atoms with Crippen LogP contribution in [0.5, 0.6) is 5.75 Å². The summed E-state index contributed by atoms with van der Waals surface area (Å²) in [6.07, 6.45) is 0. The third-order valence-electron chi connectivity index (χ3n) is 1.07. The Morgan fingerprint density at radius 1 is 1.20 bits per heavy atom. The van der Waals surface area contributed by atoms with Crippen LogP contribution < -0.4 is 9.20 Å². The van der Waals surface area contributed by atoms with Gasteiger partial charge < -0.3 is 0 Å². The van der Waals surface area contributed by atoms with Crippen molar-refractivity contribution in [3.05, 3.63) is 24.3 Å². The van der Waals surface area contributed by atoms with E-state index in [1.165, 1.54) is 4.46 Å². The van der Waals surface area contributed by atoms with Gasteiger partial charge in [0.2, 0.25) is 0 Å². The topological polar surface area (TPSA) is 9.23 Å². The van der Waals surface area contributed by atoms with E-state index in [0.29, 0.717) is 0 Å². The molecule has 3 heteroatoms. The molecule has 0 amide bonds. The van der Waals surface area contributed by atoms with Crippen LogP contribution in [0, 0.1) is 0 Å². The van der Waals surface area contributed by atoms with E-state index in [1.54, 1.807) is 7.11 Å². The molecule has 1 rings (SSSR count). The van der Waals surface area contributed by atoms with E-state index >= 15 is 0 Å². The number of methoxy groups -OCH3 is 1. The fourth-order valence-corrected chi connectivity index (χ4v) is 0.895. The molecule has 1 aromatic rings. The van der Waals surface area contributed by atoms with Crippen LogP contribution in [0.15, 0.2) is 24.3 Å². The van der Waals surface area contributed by atoms with Crippen molar-refractivity contribution >= 4 is 37.5 Å². The van der Waals surface area contributed by atoms with Crippen LogP contribution in [0.4, 0.5) is 0 Å². The van der Waals surface area contributed by atoms with Crippen LogP contribution in [0.25, 0.3) is 0 Å². The van der Waals surface area contributed by atoms with E-state index in [4.69, 9.17) is 4.74 Å². The minimum absolute atomic E-state index is 0. The predicted octanol–water partition coefficient (Wildman–Crippen LogP) is 0.799. The summed E-state index contributed by atoms with van der Waals surface area (Å²) in [6.45, 7) is 0. The molecule has 0 heterocycles. The number of ether oxygens (including phenoxy) is 1. The Hall–Kier alpha value is 0.0195. The summed E-state index contributed by atoms with van der Waals surface area (Å²) < 4.78 is 6.16. The van der Waals surface area contributed by atoms with Crippen LogP contribution in [0.3, 0.4) is 0 Å². The summed E-state index contributed by atoms with van der Waals surface area (Å²) in [5.41, 5.74) is 0. The normalized spacial score (nSPS) is 8.20. The van der Waals surface area contributed by atoms with Crippen molar-refractivity contribution < 1.29 is 4.74 Å². The second-order valence-corrected chi connectivity index (χ2v) is 2.78. The van der Waals surface area contributed by atoms with Gasteiger partial charge in [0.15, 0.2) is 0 Å². The molecule has 1 aromatic carbocycles. The predicted molar refractivity (Wildman–Crippen MR) is 50.1 cm³/mol. The molecule has 0 spiro atoms. The van der Waals surface area contributed by atoms with Gasteiger partial charge in [0.1, 0.15) is 0 Å². The molecule has 0 aliphatic rings. The van der Waals surface area contributed by atoms with Gasteiger partial charge >= 0.3 is 62.3 Å². The van der Waals surface area contributed by atoms with Gasteiger partial charge in [0.25, 0.3) is 0 Å². The van der Waals surface area contributed by atoms with Gasteiger partial charge in [-0.3, -0.25) is 0 Å². The number of rotatable bonds is 1. The maximum atomic E-state index is 4.96. The molecule has 0 fully saturated rings. The Morgan fingerprint density at radius 2 is 1.70 bits per heavy atom. The number of hydrogen-bond donors (Lipinski definition) is 0. The Labute approximate surface area is 79.4 Å². The van der Waals surface area contributed by atoms with Crippen molar-refractivity contribution in [1.82, 2.24) is 0 Å². The number of benzene rings is 1. The molecule has 0 aromatic heterocycles. The molecule has 0 atom stereocenters. The zero-order chi connectivity index (χ0) is 6.69. The molecular formula is C7H9BrOSe. The molecule has 56 valence electrons. The van der Waals surface area contributed by atoms with Gasteiger partial charge in [0.05, 0.1) is 0 Å². The quantitative estimate of drug-likeness (QED) is 0.684. The fraction of sp³-hybridized carbons (Fsp3) is 0.143. The van der Waals surface area contributed by atoms with Crippen LogP contribution in [-0.4, -0.2) is 23.1 Å². The van der Waals surface area contributed by atoms with Gasteiger partial charge in [-0.2, -0.15) is 0 Å². The number of halogens is 1. The van der Waals surface area contributed by atoms with Crippen LogP contribution in [0.1, 0.15) is 0 Å². The molecule has 0 aliphatic carbocycles. The summed E-state index contributed by atoms with van der Waals surface area (Å²) in [4.78, 5) is 0. The zero-order valence-corrected chi connectivity index (χ0v) is 9.16. The molecule has 0 unspecified atom stereocenters. The third-order valence-corrected chi connectivity index (χ3v) is 1.70. The molecular weight excluding hydrogens is 259 g/mol. The number of hydrogen-bond acceptors (Lipinski definition) is 1. The molecule has 0 saturated heterocycles. The first-order chi connectivity index (χ1) is 4.33. The Kier molecular flexibility index (Phi) is 4.79. The second kappa shape index (κ2) is 4.78. The summed E-state index contributed by atoms with van der Waals surface area (Å²) in [5.74, 6) is 0.907. The van der Waals surface area contributed by atoms with Crippen LogP contribution in [0.2, 0.25) is 0 Å². The second-order valence-electron chi connectivity index (χ2n) is 1.70. The average molecular weight is 268 g/mol. The van der Waals surface area contributed by atoms with E-state index < -0.39 is 0 Å². The van der Waals surface area contributed by atoms with E-state index in [2.05, 4.69) is 16.0 Å². The van der Waals surface area contributed by atoms with Crippen molar-refractivity contribution in [2.75, 3.05) is 7.11 Å². The molecule has 0 N–H and O–H groups in total. The van der Waals surface area contributed by atoms with E-state index in [1.807, 2.05) is 24.3 Å². The summed E-state index contributed by atoms with van der Waals surface area (Å²) in [5, 5.41) is 0. The Balaban J connectivity index is 0.000000810. The van der Waals surface area contributed by atoms with Crippen molar-refractivity contribution in [2.45, 2.75) is 0 Å². The van der Waals surface area contributed by atoms with Crippen molar-refractivity contribution in [2.24, 2.45) is 0 Å². The van der Waals surface area contributed by atoms with Gasteiger partial charge in [-0.25, -0.2) is 0 Å². The van der Waals surface area contributed by atoms with Crippen LogP contribution >= 0.6 is 17.0 Å². The van der Waals surface area contributed by atoms with Gasteiger partial charge in [-0.05, 0) is 0 Å². The Morgan fingerprint density at radius 3 is 2.10 bits per heavy atom. The SMILES string of the molecule is Br.COc1ccc([SeH])cc1. The van der Waals surface area contributed by atoms with Crippen molar-refractivity contribution in [1.29, 1.82) is 0 Å². The van der Waals surface area contributed by atoms with E-state index in [9.17, 15) is 0 Å². The molecule has 0 saturated carbocycles.